The van der Waals surface area contributed by atoms with Crippen LogP contribution in [0.15, 0.2) is 454 Å². The minimum Gasteiger partial charge on any atom is -0.471 e. The molecule has 125 heavy (non-hydrogen) atoms. The van der Waals surface area contributed by atoms with Gasteiger partial charge in [-0.1, -0.05) is 301 Å². The summed E-state index contributed by atoms with van der Waals surface area (Å²) in [4.78, 5) is 6.90. The summed E-state index contributed by atoms with van der Waals surface area (Å²) in [6, 6.07) is 155. The van der Waals surface area contributed by atoms with E-state index in [1.807, 2.05) is 24.3 Å². The summed E-state index contributed by atoms with van der Waals surface area (Å²) in [5, 5.41) is 11.7. The topological polar surface area (TPSA) is 76.4 Å². The van der Waals surface area contributed by atoms with Crippen LogP contribution in [0.5, 0.6) is 11.5 Å². The standard InChI is InChI=1S/C56H34B2N2O3.C56H38B2N2O2/c1-2-14-40-35(13-1)25-34-51-52(40)54-56(63-51)57(36-26-32-39(33-27-36)60-46-20-8-11-23-49(46)61-50-24-12-9-21-47(50)60)53-43-17-5-10-22-48(43)62-55(53)58(54)37-28-30-38(31-29-37)59-44-18-6-3-15-41(44)42-16-4-7-19-45(42)59;1-5-18-42(19-6-1)59(43-20-7-2-8-21-43)46-34-30-40(31-35-46)57-53-49-27-15-16-28-50(49)61-55(53)58(54-52-48-26-14-13-17-39(48)29-38-51(52)62-56(54)57)41-32-36-47(37-33-41)60(44-22-9-3-10-23-44)45-24-11-4-12-25-45/h1-34H;1-38H. The third-order valence-corrected chi connectivity index (χ3v) is 25.8. The van der Waals surface area contributed by atoms with Gasteiger partial charge < -0.3 is 41.7 Å². The summed E-state index contributed by atoms with van der Waals surface area (Å²) < 4.78 is 37.5. The second-order valence-electron chi connectivity index (χ2n) is 32.7. The number of aromatic nitrogens is 1. The molecule has 8 heterocycles. The van der Waals surface area contributed by atoms with E-state index in [9.17, 15) is 0 Å². The van der Waals surface area contributed by atoms with Gasteiger partial charge in [-0.3, -0.25) is 0 Å². The number of hydrogen-bond acceptors (Lipinski definition) is 8. The molecule has 0 fully saturated rings. The average Bonchev–Trinajstić information content (AvgIpc) is 1.55. The van der Waals surface area contributed by atoms with Gasteiger partial charge in [0.25, 0.3) is 26.9 Å². The molecule has 0 bridgehead atoms. The first kappa shape index (κ1) is 71.8. The smallest absolute Gasteiger partial charge is 0.290 e. The second kappa shape index (κ2) is 29.4. The van der Waals surface area contributed by atoms with Gasteiger partial charge in [-0.25, -0.2) is 0 Å². The molecule has 0 saturated heterocycles. The molecule has 3 aliphatic heterocycles. The van der Waals surface area contributed by atoms with E-state index in [-0.39, 0.29) is 26.9 Å². The Hall–Kier alpha value is -16.1. The maximum Gasteiger partial charge on any atom is 0.290 e. The molecule has 0 unspecified atom stereocenters. The molecule has 0 aliphatic carbocycles. The lowest BCUT2D eigenvalue weighted by atomic mass is 9.24. The number of nitrogens with zero attached hydrogens (tertiary/aromatic N) is 4. The molecule has 23 aromatic rings. The quantitative estimate of drug-likeness (QED) is 0.112. The Morgan fingerprint density at radius 1 is 0.208 bits per heavy atom. The van der Waals surface area contributed by atoms with Gasteiger partial charge >= 0.3 is 0 Å². The number of benzene rings is 18. The van der Waals surface area contributed by atoms with Crippen molar-refractivity contribution in [1.82, 2.24) is 4.57 Å². The Balaban J connectivity index is 0.000000137. The molecular formula is C112H72B4N4O5. The molecule has 13 heteroatoms. The molecule has 0 amide bonds. The molecule has 18 aromatic carbocycles. The summed E-state index contributed by atoms with van der Waals surface area (Å²) >= 11 is 0. The van der Waals surface area contributed by atoms with Gasteiger partial charge in [-0.2, -0.15) is 0 Å². The minimum absolute atomic E-state index is 0.215. The fraction of sp³-hybridized carbons (Fsp3) is 0. The fourth-order valence-corrected chi connectivity index (χ4v) is 20.5. The van der Waals surface area contributed by atoms with Crippen molar-refractivity contribution in [3.63, 3.8) is 0 Å². The molecule has 26 rings (SSSR count). The van der Waals surface area contributed by atoms with E-state index >= 15 is 0 Å². The van der Waals surface area contributed by atoms with Crippen molar-refractivity contribution in [2.75, 3.05) is 14.7 Å². The maximum absolute atomic E-state index is 7.24. The molecule has 582 valence electrons. The van der Waals surface area contributed by atoms with Crippen LogP contribution in [0.25, 0.3) is 92.9 Å². The van der Waals surface area contributed by atoms with Crippen LogP contribution >= 0.6 is 0 Å². The Bertz CT molecular complexity index is 7940. The first-order valence-electron chi connectivity index (χ1n) is 42.8. The van der Waals surface area contributed by atoms with Gasteiger partial charge in [0.1, 0.15) is 22.3 Å². The molecule has 9 nitrogen and oxygen atoms in total. The molecule has 0 saturated carbocycles. The molecule has 0 atom stereocenters. The number of furan rings is 4. The number of anilines is 9. The van der Waals surface area contributed by atoms with Crippen molar-refractivity contribution < 1.29 is 22.4 Å². The molecule has 0 N–H and O–H groups in total. The Morgan fingerprint density at radius 3 is 0.912 bits per heavy atom. The third-order valence-electron chi connectivity index (χ3n) is 25.8. The summed E-state index contributed by atoms with van der Waals surface area (Å²) in [7, 11) is 0. The summed E-state index contributed by atoms with van der Waals surface area (Å²) in [6.07, 6.45) is 0. The summed E-state index contributed by atoms with van der Waals surface area (Å²) in [5.41, 5.74) is 29.6. The lowest BCUT2D eigenvalue weighted by Crippen LogP contribution is -2.73. The van der Waals surface area contributed by atoms with E-state index in [2.05, 4.69) is 432 Å². The lowest BCUT2D eigenvalue weighted by Gasteiger charge is -2.33. The predicted octanol–water partition coefficient (Wildman–Crippen LogP) is 21.0. The Labute approximate surface area is 722 Å². The van der Waals surface area contributed by atoms with Gasteiger partial charge in [0.2, 0.25) is 0 Å². The predicted molar refractivity (Wildman–Crippen MR) is 523 cm³/mol. The number of para-hydroxylation sites is 12. The summed E-state index contributed by atoms with van der Waals surface area (Å²) in [5.74, 6) is 1.66. The second-order valence-corrected chi connectivity index (χ2v) is 32.7. The van der Waals surface area contributed by atoms with Crippen molar-refractivity contribution in [3.05, 3.63) is 437 Å². The first-order chi connectivity index (χ1) is 62.0. The molecule has 0 spiro atoms. The van der Waals surface area contributed by atoms with Gasteiger partial charge in [-0.05, 0) is 201 Å². The van der Waals surface area contributed by atoms with Crippen molar-refractivity contribution in [2.45, 2.75) is 0 Å². The molecule has 3 aliphatic rings. The number of fused-ring (bicyclic) bond motifs is 21. The van der Waals surface area contributed by atoms with Gasteiger partial charge in [0.15, 0.2) is 11.5 Å². The number of hydrogen-bond donors (Lipinski definition) is 0. The minimum atomic E-state index is -0.226. The van der Waals surface area contributed by atoms with E-state index in [1.165, 1.54) is 43.4 Å². The highest BCUT2D eigenvalue weighted by Crippen LogP contribution is 2.50. The molecule has 0 radical (unpaired) electrons. The zero-order valence-electron chi connectivity index (χ0n) is 67.7. The van der Waals surface area contributed by atoms with E-state index in [0.29, 0.717) is 0 Å². The number of rotatable bonds is 12. The fourth-order valence-electron chi connectivity index (χ4n) is 20.5. The monoisotopic (exact) mass is 1600 g/mol. The lowest BCUT2D eigenvalue weighted by molar-refractivity contribution is 0.477. The third kappa shape index (κ3) is 11.7. The van der Waals surface area contributed by atoms with Gasteiger partial charge in [0.05, 0.1) is 45.0 Å². The number of ether oxygens (including phenoxy) is 1. The highest BCUT2D eigenvalue weighted by Gasteiger charge is 2.49. The van der Waals surface area contributed by atoms with Crippen LogP contribution in [-0.2, 0) is 0 Å². The van der Waals surface area contributed by atoms with Crippen LogP contribution < -0.4 is 85.8 Å². The van der Waals surface area contributed by atoms with Crippen LogP contribution in [0.2, 0.25) is 0 Å². The highest BCUT2D eigenvalue weighted by molar-refractivity contribution is 7.13. The van der Waals surface area contributed by atoms with Crippen molar-refractivity contribution >= 4 is 232 Å². The van der Waals surface area contributed by atoms with Gasteiger partial charge in [-0.15, -0.1) is 0 Å². The van der Waals surface area contributed by atoms with Crippen molar-refractivity contribution in [2.24, 2.45) is 0 Å². The SMILES string of the molecule is c1ccc(N(c2ccccc2)c2ccc(B3c4oc5ccc6ccccc6c5c4B(c4ccc(N(c5ccccc5)c5ccccc5)cc4)c4oc5ccccc5c43)cc2)cc1.c1ccc2c(c1)Oc1ccccc1N2c1ccc(B2c3oc4ccc5ccccc5c4c3B(c3ccc(-n4c5ccccc5c5ccccc54)cc3)c3oc4ccccc4c32)cc1. The van der Waals surface area contributed by atoms with Crippen LogP contribution in [0.4, 0.5) is 51.2 Å². The Morgan fingerprint density at radius 2 is 0.504 bits per heavy atom. The average molecular weight is 1600 g/mol. The highest BCUT2D eigenvalue weighted by atomic mass is 16.5. The normalized spacial score (nSPS) is 12.6. The zero-order chi connectivity index (χ0) is 82.2. The van der Waals surface area contributed by atoms with E-state index in [1.54, 1.807) is 0 Å². The van der Waals surface area contributed by atoms with Gasteiger partial charge in [0, 0.05) is 77.8 Å². The van der Waals surface area contributed by atoms with E-state index < -0.39 is 0 Å². The maximum atomic E-state index is 7.24. The van der Waals surface area contributed by atoms with Crippen LogP contribution in [0, 0.1) is 0 Å². The van der Waals surface area contributed by atoms with E-state index in [0.717, 1.165) is 179 Å². The molecular weight excluding hydrogens is 1520 g/mol. The largest absolute Gasteiger partial charge is 0.471 e. The zero-order valence-corrected chi connectivity index (χ0v) is 67.7. The Kier molecular flexibility index (Phi) is 16.9. The van der Waals surface area contributed by atoms with Crippen LogP contribution in [0.1, 0.15) is 0 Å². The summed E-state index contributed by atoms with van der Waals surface area (Å²) in [6.45, 7) is -0.889. The molecule has 5 aromatic heterocycles. The van der Waals surface area contributed by atoms with Crippen molar-refractivity contribution in [3.8, 4) is 17.2 Å². The van der Waals surface area contributed by atoms with E-state index in [4.69, 9.17) is 22.4 Å². The van der Waals surface area contributed by atoms with Crippen molar-refractivity contribution in [1.29, 1.82) is 0 Å². The van der Waals surface area contributed by atoms with Crippen LogP contribution in [-0.4, -0.2) is 31.4 Å². The first-order valence-corrected chi connectivity index (χ1v) is 42.8. The van der Waals surface area contributed by atoms with Crippen LogP contribution in [0.3, 0.4) is 0 Å².